The van der Waals surface area contributed by atoms with Crippen LogP contribution in [0.25, 0.3) is 11.0 Å². The summed E-state index contributed by atoms with van der Waals surface area (Å²) in [5.41, 5.74) is 1.80. The molecule has 10 heteroatoms. The van der Waals surface area contributed by atoms with E-state index in [1.165, 1.54) is 24.7 Å². The van der Waals surface area contributed by atoms with Gasteiger partial charge >= 0.3 is 0 Å². The third kappa shape index (κ3) is 3.58. The fourth-order valence-electron chi connectivity index (χ4n) is 3.66. The summed E-state index contributed by atoms with van der Waals surface area (Å²) in [5, 5.41) is 7.73. The fourth-order valence-corrected chi connectivity index (χ4v) is 4.50. The van der Waals surface area contributed by atoms with E-state index in [1.54, 1.807) is 6.20 Å². The number of nitrogens with zero attached hydrogens (tertiary/aromatic N) is 5. The monoisotopic (exact) mass is 401 g/mol. The molecule has 0 aliphatic carbocycles. The Bertz CT molecular complexity index is 1050. The lowest BCUT2D eigenvalue weighted by atomic mass is 9.86. The number of H-pyrrole nitrogens is 1. The predicted octanol–water partition coefficient (Wildman–Crippen LogP) is 1.11. The Hall–Kier alpha value is -2.56. The molecule has 0 radical (unpaired) electrons. The summed E-state index contributed by atoms with van der Waals surface area (Å²) < 4.78 is 29.2. The van der Waals surface area contributed by atoms with Crippen molar-refractivity contribution in [3.05, 3.63) is 48.4 Å². The van der Waals surface area contributed by atoms with E-state index in [0.717, 1.165) is 29.7 Å². The number of benzene rings is 1. The van der Waals surface area contributed by atoms with Crippen LogP contribution in [0.4, 0.5) is 5.82 Å². The number of nitrogens with one attached hydrogen (secondary N) is 2. The van der Waals surface area contributed by atoms with Crippen LogP contribution in [0.3, 0.4) is 0 Å². The van der Waals surface area contributed by atoms with Gasteiger partial charge in [0.1, 0.15) is 12.1 Å². The molecule has 0 unspecified atom stereocenters. The van der Waals surface area contributed by atoms with Crippen molar-refractivity contribution in [1.29, 1.82) is 0 Å². The summed E-state index contributed by atoms with van der Waals surface area (Å²) in [6.07, 6.45) is 4.00. The first-order valence-corrected chi connectivity index (χ1v) is 10.5. The van der Waals surface area contributed by atoms with Crippen LogP contribution in [0.2, 0.25) is 0 Å². The maximum atomic E-state index is 12.5. The zero-order chi connectivity index (χ0) is 19.7. The number of rotatable bonds is 5. The molecule has 0 spiro atoms. The van der Waals surface area contributed by atoms with Crippen LogP contribution >= 0.6 is 0 Å². The molecule has 1 aliphatic rings. The topological polar surface area (TPSA) is 107 Å². The molecular weight excluding hydrogens is 378 g/mol. The van der Waals surface area contributed by atoms with Crippen LogP contribution in [0.5, 0.6) is 0 Å². The molecule has 1 saturated heterocycles. The minimum Gasteiger partial charge on any atom is -0.354 e. The third-order valence-electron chi connectivity index (χ3n) is 5.15. The average molecular weight is 401 g/mol. The highest BCUT2D eigenvalue weighted by Gasteiger charge is 2.34. The van der Waals surface area contributed by atoms with Crippen LogP contribution in [-0.4, -0.2) is 66.1 Å². The number of aromatic nitrogens is 4. The van der Waals surface area contributed by atoms with E-state index in [9.17, 15) is 8.42 Å². The molecule has 1 aliphatic heterocycles. The molecule has 0 bridgehead atoms. The van der Waals surface area contributed by atoms with Crippen molar-refractivity contribution in [2.75, 3.05) is 32.1 Å². The highest BCUT2D eigenvalue weighted by atomic mass is 32.2. The van der Waals surface area contributed by atoms with Gasteiger partial charge in [-0.05, 0) is 12.0 Å². The Labute approximate surface area is 164 Å². The SMILES string of the molecule is CN(C)S(=O)(=O)N[C@H]1CN(c2ncnc3[nH]ncc23)CC[C@H]1c1ccccc1. The molecule has 3 aromatic rings. The molecule has 1 fully saturated rings. The quantitative estimate of drug-likeness (QED) is 0.663. The van der Waals surface area contributed by atoms with Crippen molar-refractivity contribution in [3.8, 4) is 0 Å². The van der Waals surface area contributed by atoms with Gasteiger partial charge in [-0.2, -0.15) is 22.5 Å². The van der Waals surface area contributed by atoms with Gasteiger partial charge in [-0.15, -0.1) is 0 Å². The number of aromatic amines is 1. The molecule has 4 rings (SSSR count). The van der Waals surface area contributed by atoms with Crippen molar-refractivity contribution in [2.24, 2.45) is 0 Å². The van der Waals surface area contributed by atoms with Crippen molar-refractivity contribution < 1.29 is 8.42 Å². The lowest BCUT2D eigenvalue weighted by Crippen LogP contribution is -2.54. The summed E-state index contributed by atoms with van der Waals surface area (Å²) in [6.45, 7) is 1.26. The second-order valence-electron chi connectivity index (χ2n) is 7.09. The Morgan fingerprint density at radius 1 is 1.21 bits per heavy atom. The van der Waals surface area contributed by atoms with Gasteiger partial charge in [0.2, 0.25) is 0 Å². The normalized spacial score (nSPS) is 20.8. The number of hydrogen-bond donors (Lipinski definition) is 2. The first-order chi connectivity index (χ1) is 13.5. The van der Waals surface area contributed by atoms with Crippen LogP contribution in [0, 0.1) is 0 Å². The second-order valence-corrected chi connectivity index (χ2v) is 9.01. The van der Waals surface area contributed by atoms with Crippen LogP contribution < -0.4 is 9.62 Å². The smallest absolute Gasteiger partial charge is 0.279 e. The Balaban J connectivity index is 1.67. The molecule has 2 aromatic heterocycles. The van der Waals surface area contributed by atoms with E-state index < -0.39 is 10.2 Å². The highest BCUT2D eigenvalue weighted by Crippen LogP contribution is 2.32. The average Bonchev–Trinajstić information content (AvgIpc) is 3.17. The first-order valence-electron chi connectivity index (χ1n) is 9.09. The van der Waals surface area contributed by atoms with E-state index in [4.69, 9.17) is 0 Å². The number of anilines is 1. The minimum absolute atomic E-state index is 0.0776. The van der Waals surface area contributed by atoms with Crippen molar-refractivity contribution in [1.82, 2.24) is 29.2 Å². The standard InChI is InChI=1S/C18H23N7O2S/c1-24(2)28(26,27)23-16-11-25(9-8-14(16)13-6-4-3-5-7-13)18-15-10-21-22-17(15)19-12-20-18/h3-7,10,12,14,16,23H,8-9,11H2,1-2H3,(H,19,20,21,22)/t14-,16-/m0/s1. The molecule has 148 valence electrons. The Kier molecular flexibility index (Phi) is 5.00. The first kappa shape index (κ1) is 18.8. The lowest BCUT2D eigenvalue weighted by molar-refractivity contribution is 0.398. The summed E-state index contributed by atoms with van der Waals surface area (Å²) in [5.74, 6) is 0.841. The maximum Gasteiger partial charge on any atom is 0.279 e. The summed E-state index contributed by atoms with van der Waals surface area (Å²) >= 11 is 0. The molecule has 9 nitrogen and oxygen atoms in total. The largest absolute Gasteiger partial charge is 0.354 e. The highest BCUT2D eigenvalue weighted by molar-refractivity contribution is 7.87. The summed E-state index contributed by atoms with van der Waals surface area (Å²) in [6, 6.07) is 9.75. The number of fused-ring (bicyclic) bond motifs is 1. The molecule has 2 N–H and O–H groups in total. The van der Waals surface area contributed by atoms with Gasteiger partial charge in [-0.25, -0.2) is 9.97 Å². The van der Waals surface area contributed by atoms with Crippen LogP contribution in [-0.2, 0) is 10.2 Å². The zero-order valence-corrected chi connectivity index (χ0v) is 16.6. The van der Waals surface area contributed by atoms with Gasteiger partial charge in [0.05, 0.1) is 11.6 Å². The van der Waals surface area contributed by atoms with E-state index in [-0.39, 0.29) is 12.0 Å². The zero-order valence-electron chi connectivity index (χ0n) is 15.8. The molecule has 0 amide bonds. The number of piperidine rings is 1. The van der Waals surface area contributed by atoms with E-state index in [1.807, 2.05) is 18.2 Å². The fraction of sp³-hybridized carbons (Fsp3) is 0.389. The van der Waals surface area contributed by atoms with Crippen molar-refractivity contribution in [3.63, 3.8) is 0 Å². The number of hydrogen-bond acceptors (Lipinski definition) is 6. The van der Waals surface area contributed by atoms with E-state index >= 15 is 0 Å². The van der Waals surface area contributed by atoms with Gasteiger partial charge in [-0.1, -0.05) is 30.3 Å². The Morgan fingerprint density at radius 3 is 2.75 bits per heavy atom. The van der Waals surface area contributed by atoms with Crippen molar-refractivity contribution >= 4 is 27.1 Å². The van der Waals surface area contributed by atoms with Gasteiger partial charge in [-0.3, -0.25) is 5.10 Å². The predicted molar refractivity (Wildman–Crippen MR) is 107 cm³/mol. The summed E-state index contributed by atoms with van der Waals surface area (Å²) in [4.78, 5) is 10.7. The summed E-state index contributed by atoms with van der Waals surface area (Å²) in [7, 11) is -0.515. The maximum absolute atomic E-state index is 12.5. The van der Waals surface area contributed by atoms with E-state index in [0.29, 0.717) is 12.2 Å². The molecule has 0 saturated carbocycles. The van der Waals surface area contributed by atoms with Gasteiger partial charge in [0.15, 0.2) is 5.65 Å². The van der Waals surface area contributed by atoms with Gasteiger partial charge in [0.25, 0.3) is 10.2 Å². The van der Waals surface area contributed by atoms with Gasteiger partial charge in [0, 0.05) is 39.1 Å². The molecule has 2 atom stereocenters. The van der Waals surface area contributed by atoms with Crippen molar-refractivity contribution in [2.45, 2.75) is 18.4 Å². The Morgan fingerprint density at radius 2 is 2.00 bits per heavy atom. The third-order valence-corrected chi connectivity index (χ3v) is 6.71. The van der Waals surface area contributed by atoms with E-state index in [2.05, 4.69) is 41.9 Å². The lowest BCUT2D eigenvalue weighted by Gasteiger charge is -2.40. The molecule has 28 heavy (non-hydrogen) atoms. The van der Waals surface area contributed by atoms with Crippen LogP contribution in [0.15, 0.2) is 42.9 Å². The minimum atomic E-state index is -3.57. The van der Waals surface area contributed by atoms with Gasteiger partial charge < -0.3 is 4.90 Å². The molecule has 1 aromatic carbocycles. The molecular formula is C18H23N7O2S. The van der Waals surface area contributed by atoms with Crippen LogP contribution in [0.1, 0.15) is 17.9 Å². The molecule has 3 heterocycles. The second kappa shape index (κ2) is 7.46.